The minimum absolute atomic E-state index is 0.492. The molecule has 0 rings (SSSR count). The van der Waals surface area contributed by atoms with Crippen LogP contribution in [0.5, 0.6) is 0 Å². The molecule has 0 aromatic carbocycles. The summed E-state index contributed by atoms with van der Waals surface area (Å²) in [6, 6.07) is 1.09. The van der Waals surface area contributed by atoms with Gasteiger partial charge in [0.1, 0.15) is 0 Å². The van der Waals surface area contributed by atoms with E-state index in [2.05, 4.69) is 32.7 Å². The van der Waals surface area contributed by atoms with Gasteiger partial charge in [0.05, 0.1) is 0 Å². The minimum Gasteiger partial charge on any atom is -0.300 e. The second-order valence-electron chi connectivity index (χ2n) is 2.76. The average molecular weight is 150 g/mol. The van der Waals surface area contributed by atoms with Gasteiger partial charge in [0.2, 0.25) is 0 Å². The Balaban J connectivity index is 3.58. The Hall–Kier alpha value is 0.250. The molecule has 0 N–H and O–H groups in total. The lowest BCUT2D eigenvalue weighted by molar-refractivity contribution is 0.224. The van der Waals surface area contributed by atoms with Gasteiger partial charge in [-0.1, -0.05) is 0 Å². The van der Waals surface area contributed by atoms with Gasteiger partial charge in [0, 0.05) is 18.0 Å². The number of nitrogens with zero attached hydrogens (tertiary/aromatic N) is 1. The largest absolute Gasteiger partial charge is 0.300 e. The van der Waals surface area contributed by atoms with Gasteiger partial charge in [-0.2, -0.15) is 0 Å². The number of halogens is 1. The summed E-state index contributed by atoms with van der Waals surface area (Å²) in [7, 11) is 2.09. The van der Waals surface area contributed by atoms with Crippen molar-refractivity contribution in [1.29, 1.82) is 0 Å². The van der Waals surface area contributed by atoms with Crippen molar-refractivity contribution >= 4 is 11.6 Å². The molecule has 1 nitrogen and oxygen atoms in total. The van der Waals surface area contributed by atoms with Crippen LogP contribution in [0.3, 0.4) is 0 Å². The normalized spacial score (nSPS) is 15.0. The fraction of sp³-hybridized carbons (Fsp3) is 1.00. The summed E-state index contributed by atoms with van der Waals surface area (Å²) >= 11 is 5.65. The summed E-state index contributed by atoms with van der Waals surface area (Å²) in [6.07, 6.45) is 0. The Bertz CT molecular complexity index is 73.3. The van der Waals surface area contributed by atoms with Gasteiger partial charge >= 0.3 is 0 Å². The highest BCUT2D eigenvalue weighted by atomic mass is 35.5. The fourth-order valence-electron chi connectivity index (χ4n) is 0.618. The number of alkyl halides is 1. The molecule has 0 aliphatic rings. The van der Waals surface area contributed by atoms with E-state index >= 15 is 0 Å². The van der Waals surface area contributed by atoms with Crippen molar-refractivity contribution in [2.75, 3.05) is 12.9 Å². The van der Waals surface area contributed by atoms with Crippen LogP contribution in [0, 0.1) is 0 Å². The molecule has 2 heteroatoms. The van der Waals surface area contributed by atoms with E-state index in [-0.39, 0.29) is 0 Å². The molecule has 9 heavy (non-hydrogen) atoms. The molecule has 0 aromatic heterocycles. The summed E-state index contributed by atoms with van der Waals surface area (Å²) in [5.41, 5.74) is 0. The van der Waals surface area contributed by atoms with Crippen molar-refractivity contribution in [3.63, 3.8) is 0 Å². The van der Waals surface area contributed by atoms with Crippen LogP contribution in [0.4, 0.5) is 0 Å². The Morgan fingerprint density at radius 2 is 1.78 bits per heavy atom. The van der Waals surface area contributed by atoms with Gasteiger partial charge < -0.3 is 4.90 Å². The van der Waals surface area contributed by atoms with Crippen molar-refractivity contribution in [2.45, 2.75) is 32.9 Å². The molecule has 0 spiro atoms. The zero-order valence-corrected chi connectivity index (χ0v) is 7.44. The van der Waals surface area contributed by atoms with Crippen LogP contribution < -0.4 is 0 Å². The maximum Gasteiger partial charge on any atom is 0.0376 e. The lowest BCUT2D eigenvalue weighted by Gasteiger charge is -2.26. The second-order valence-corrected chi connectivity index (χ2v) is 3.07. The Morgan fingerprint density at radius 1 is 1.33 bits per heavy atom. The van der Waals surface area contributed by atoms with Crippen LogP contribution in [-0.4, -0.2) is 29.9 Å². The first-order chi connectivity index (χ1) is 4.09. The summed E-state index contributed by atoms with van der Waals surface area (Å²) in [4.78, 5) is 2.26. The monoisotopic (exact) mass is 149 g/mol. The summed E-state index contributed by atoms with van der Waals surface area (Å²) in [6.45, 7) is 6.47. The van der Waals surface area contributed by atoms with Crippen molar-refractivity contribution in [1.82, 2.24) is 4.90 Å². The van der Waals surface area contributed by atoms with Crippen molar-refractivity contribution in [3.05, 3.63) is 0 Å². The molecular formula is C7H16ClN. The van der Waals surface area contributed by atoms with Gasteiger partial charge in [-0.25, -0.2) is 0 Å². The maximum absolute atomic E-state index is 5.65. The van der Waals surface area contributed by atoms with E-state index in [1.54, 1.807) is 0 Å². The van der Waals surface area contributed by atoms with E-state index < -0.39 is 0 Å². The average Bonchev–Trinajstić information content (AvgIpc) is 1.84. The molecule has 0 heterocycles. The Labute approximate surface area is 63.0 Å². The SMILES string of the molecule is CC(C)N(C)C(C)CCl. The maximum atomic E-state index is 5.65. The Morgan fingerprint density at radius 3 is 1.89 bits per heavy atom. The van der Waals surface area contributed by atoms with Crippen LogP contribution >= 0.6 is 11.6 Å². The molecule has 0 saturated heterocycles. The second kappa shape index (κ2) is 4.13. The van der Waals surface area contributed by atoms with Crippen molar-refractivity contribution in [2.24, 2.45) is 0 Å². The van der Waals surface area contributed by atoms with E-state index in [0.717, 1.165) is 0 Å². The predicted octanol–water partition coefficient (Wildman–Crippen LogP) is 1.95. The fourth-order valence-corrected chi connectivity index (χ4v) is 0.836. The first-order valence-corrected chi connectivity index (χ1v) is 3.91. The van der Waals surface area contributed by atoms with E-state index in [1.807, 2.05) is 0 Å². The summed E-state index contributed by atoms with van der Waals surface area (Å²) in [5, 5.41) is 0. The van der Waals surface area contributed by atoms with Gasteiger partial charge in [0.25, 0.3) is 0 Å². The van der Waals surface area contributed by atoms with Crippen LogP contribution in [0.1, 0.15) is 20.8 Å². The molecule has 1 unspecified atom stereocenters. The number of hydrogen-bond acceptors (Lipinski definition) is 1. The molecule has 0 aromatic rings. The van der Waals surface area contributed by atoms with Crippen LogP contribution in [-0.2, 0) is 0 Å². The van der Waals surface area contributed by atoms with Gasteiger partial charge in [-0.3, -0.25) is 0 Å². The minimum atomic E-state index is 0.492. The molecular weight excluding hydrogens is 134 g/mol. The van der Waals surface area contributed by atoms with Gasteiger partial charge in [0.15, 0.2) is 0 Å². The van der Waals surface area contributed by atoms with E-state index in [0.29, 0.717) is 18.0 Å². The van der Waals surface area contributed by atoms with Crippen LogP contribution in [0.15, 0.2) is 0 Å². The smallest absolute Gasteiger partial charge is 0.0376 e. The van der Waals surface area contributed by atoms with Crippen molar-refractivity contribution in [3.8, 4) is 0 Å². The number of hydrogen-bond donors (Lipinski definition) is 0. The number of rotatable bonds is 3. The lowest BCUT2D eigenvalue weighted by atomic mass is 10.2. The third-order valence-electron chi connectivity index (χ3n) is 1.73. The topological polar surface area (TPSA) is 3.24 Å². The standard InChI is InChI=1S/C7H16ClN/c1-6(2)9(4)7(3)5-8/h6-7H,5H2,1-4H3. The molecule has 0 amide bonds. The molecule has 0 bridgehead atoms. The van der Waals surface area contributed by atoms with Crippen molar-refractivity contribution < 1.29 is 0 Å². The van der Waals surface area contributed by atoms with E-state index in [9.17, 15) is 0 Å². The summed E-state index contributed by atoms with van der Waals surface area (Å²) < 4.78 is 0. The highest BCUT2D eigenvalue weighted by Crippen LogP contribution is 2.02. The lowest BCUT2D eigenvalue weighted by Crippen LogP contribution is -2.35. The Kier molecular flexibility index (Phi) is 4.24. The van der Waals surface area contributed by atoms with E-state index in [1.165, 1.54) is 0 Å². The zero-order chi connectivity index (χ0) is 7.44. The quantitative estimate of drug-likeness (QED) is 0.555. The molecule has 0 aliphatic carbocycles. The zero-order valence-electron chi connectivity index (χ0n) is 6.69. The molecule has 56 valence electrons. The van der Waals surface area contributed by atoms with Crippen LogP contribution in [0.2, 0.25) is 0 Å². The predicted molar refractivity (Wildman–Crippen MR) is 43.1 cm³/mol. The molecule has 0 radical (unpaired) electrons. The first-order valence-electron chi connectivity index (χ1n) is 3.37. The highest BCUT2D eigenvalue weighted by molar-refractivity contribution is 6.18. The third-order valence-corrected chi connectivity index (χ3v) is 2.18. The molecule has 0 fully saturated rings. The van der Waals surface area contributed by atoms with E-state index in [4.69, 9.17) is 11.6 Å². The summed E-state index contributed by atoms with van der Waals surface area (Å²) in [5.74, 6) is 0.717. The van der Waals surface area contributed by atoms with Gasteiger partial charge in [-0.15, -0.1) is 11.6 Å². The molecule has 0 saturated carbocycles. The molecule has 0 aliphatic heterocycles. The first kappa shape index (κ1) is 9.25. The van der Waals surface area contributed by atoms with Gasteiger partial charge in [-0.05, 0) is 27.8 Å². The molecule has 1 atom stereocenters. The highest BCUT2D eigenvalue weighted by Gasteiger charge is 2.09. The van der Waals surface area contributed by atoms with Crippen LogP contribution in [0.25, 0.3) is 0 Å². The third kappa shape index (κ3) is 3.07.